The van der Waals surface area contributed by atoms with E-state index in [0.717, 1.165) is 32.4 Å². The van der Waals surface area contributed by atoms with Crippen molar-refractivity contribution in [1.29, 1.82) is 0 Å². The Morgan fingerprint density at radius 1 is 1.36 bits per heavy atom. The molecule has 0 saturated carbocycles. The SMILES string of the molecule is CCCN(C1CCNCC1)S(=O)(=O)c1ccc(C(=O)OC)c(Cl)c1.Cl. The molecule has 1 aromatic carbocycles. The van der Waals surface area contributed by atoms with Gasteiger partial charge in [0.05, 0.1) is 22.6 Å². The first-order valence-corrected chi connectivity index (χ1v) is 9.84. The molecule has 0 amide bonds. The Hall–Kier alpha value is -0.860. The van der Waals surface area contributed by atoms with Crippen molar-refractivity contribution in [1.82, 2.24) is 9.62 Å². The van der Waals surface area contributed by atoms with Gasteiger partial charge < -0.3 is 10.1 Å². The van der Waals surface area contributed by atoms with Gasteiger partial charge in [0.1, 0.15) is 0 Å². The van der Waals surface area contributed by atoms with Crippen molar-refractivity contribution >= 4 is 40.0 Å². The number of hydrogen-bond acceptors (Lipinski definition) is 5. The fourth-order valence-corrected chi connectivity index (χ4v) is 5.01. The second-order valence-corrected chi connectivity index (χ2v) is 8.03. The van der Waals surface area contributed by atoms with Gasteiger partial charge >= 0.3 is 5.97 Å². The molecule has 6 nitrogen and oxygen atoms in total. The predicted molar refractivity (Wildman–Crippen MR) is 100 cm³/mol. The van der Waals surface area contributed by atoms with Crippen LogP contribution in [-0.4, -0.2) is 51.5 Å². The number of ether oxygens (including phenoxy) is 1. The molecule has 0 aliphatic carbocycles. The number of nitrogens with zero attached hydrogens (tertiary/aromatic N) is 1. The van der Waals surface area contributed by atoms with Gasteiger partial charge in [-0.25, -0.2) is 13.2 Å². The molecule has 25 heavy (non-hydrogen) atoms. The molecule has 1 N–H and O–H groups in total. The Balaban J connectivity index is 0.00000312. The van der Waals surface area contributed by atoms with E-state index >= 15 is 0 Å². The molecular weight excluding hydrogens is 387 g/mol. The summed E-state index contributed by atoms with van der Waals surface area (Å²) in [6.07, 6.45) is 2.30. The molecule has 1 aliphatic rings. The van der Waals surface area contributed by atoms with Crippen LogP contribution >= 0.6 is 24.0 Å². The van der Waals surface area contributed by atoms with Crippen molar-refractivity contribution in [2.75, 3.05) is 26.7 Å². The van der Waals surface area contributed by atoms with E-state index in [2.05, 4.69) is 10.1 Å². The largest absolute Gasteiger partial charge is 0.465 e. The van der Waals surface area contributed by atoms with Gasteiger partial charge in [0, 0.05) is 12.6 Å². The topological polar surface area (TPSA) is 75.7 Å². The van der Waals surface area contributed by atoms with Crippen LogP contribution in [0.2, 0.25) is 5.02 Å². The van der Waals surface area contributed by atoms with Crippen LogP contribution in [0, 0.1) is 0 Å². The molecule has 0 radical (unpaired) electrons. The van der Waals surface area contributed by atoms with Crippen LogP contribution in [0.5, 0.6) is 0 Å². The minimum absolute atomic E-state index is 0. The molecule has 0 atom stereocenters. The van der Waals surface area contributed by atoms with Gasteiger partial charge in [-0.2, -0.15) is 4.31 Å². The summed E-state index contributed by atoms with van der Waals surface area (Å²) in [5, 5.41) is 3.32. The molecule has 1 aliphatic heterocycles. The molecular formula is C16H24Cl2N2O4S. The van der Waals surface area contributed by atoms with Gasteiger partial charge in [-0.15, -0.1) is 12.4 Å². The number of methoxy groups -OCH3 is 1. The maximum Gasteiger partial charge on any atom is 0.339 e. The zero-order chi connectivity index (χ0) is 17.7. The zero-order valence-corrected chi connectivity index (χ0v) is 16.7. The molecule has 0 spiro atoms. The number of halogens is 2. The van der Waals surface area contributed by atoms with Gasteiger partial charge in [0.25, 0.3) is 0 Å². The highest BCUT2D eigenvalue weighted by molar-refractivity contribution is 7.89. The Labute approximate surface area is 160 Å². The van der Waals surface area contributed by atoms with Crippen molar-refractivity contribution in [2.45, 2.75) is 37.1 Å². The molecule has 1 aromatic rings. The minimum Gasteiger partial charge on any atom is -0.465 e. The number of carbonyl (C=O) groups excluding carboxylic acids is 1. The van der Waals surface area contributed by atoms with E-state index in [1.54, 1.807) is 4.31 Å². The summed E-state index contributed by atoms with van der Waals surface area (Å²) in [4.78, 5) is 11.7. The Morgan fingerprint density at radius 3 is 2.52 bits per heavy atom. The number of rotatable bonds is 6. The Kier molecular flexibility index (Phi) is 8.63. The van der Waals surface area contributed by atoms with E-state index in [0.29, 0.717) is 6.54 Å². The Bertz CT molecular complexity index is 691. The number of hydrogen-bond donors (Lipinski definition) is 1. The average Bonchev–Trinajstić information content (AvgIpc) is 2.59. The predicted octanol–water partition coefficient (Wildman–Crippen LogP) is 2.70. The first-order valence-electron chi connectivity index (χ1n) is 8.02. The normalized spacial score (nSPS) is 15.7. The van der Waals surface area contributed by atoms with E-state index in [-0.39, 0.29) is 33.9 Å². The highest BCUT2D eigenvalue weighted by Crippen LogP contribution is 2.27. The number of esters is 1. The Morgan fingerprint density at radius 2 is 2.00 bits per heavy atom. The van der Waals surface area contributed by atoms with Crippen molar-refractivity contribution in [3.05, 3.63) is 28.8 Å². The van der Waals surface area contributed by atoms with Crippen molar-refractivity contribution in [3.8, 4) is 0 Å². The van der Waals surface area contributed by atoms with Crippen LogP contribution in [0.15, 0.2) is 23.1 Å². The molecule has 2 rings (SSSR count). The summed E-state index contributed by atoms with van der Waals surface area (Å²) in [6, 6.07) is 4.12. The molecule has 1 saturated heterocycles. The molecule has 1 fully saturated rings. The fraction of sp³-hybridized carbons (Fsp3) is 0.562. The zero-order valence-electron chi connectivity index (χ0n) is 14.3. The van der Waals surface area contributed by atoms with E-state index < -0.39 is 16.0 Å². The highest BCUT2D eigenvalue weighted by Gasteiger charge is 2.32. The summed E-state index contributed by atoms with van der Waals surface area (Å²) in [5.41, 5.74) is 0.155. The average molecular weight is 411 g/mol. The van der Waals surface area contributed by atoms with Crippen LogP contribution < -0.4 is 5.32 Å². The number of nitrogens with one attached hydrogen (secondary N) is 1. The van der Waals surface area contributed by atoms with Gasteiger partial charge in [-0.3, -0.25) is 0 Å². The van der Waals surface area contributed by atoms with E-state index in [1.807, 2.05) is 6.92 Å². The van der Waals surface area contributed by atoms with Gasteiger partial charge in [0.2, 0.25) is 10.0 Å². The van der Waals surface area contributed by atoms with Crippen LogP contribution in [-0.2, 0) is 14.8 Å². The van der Waals surface area contributed by atoms with Crippen molar-refractivity contribution < 1.29 is 17.9 Å². The van der Waals surface area contributed by atoms with E-state index in [9.17, 15) is 13.2 Å². The monoisotopic (exact) mass is 410 g/mol. The molecule has 0 aromatic heterocycles. The third kappa shape index (κ3) is 5.08. The molecule has 142 valence electrons. The van der Waals surface area contributed by atoms with Gasteiger partial charge in [-0.1, -0.05) is 18.5 Å². The lowest BCUT2D eigenvalue weighted by Gasteiger charge is -2.33. The summed E-state index contributed by atoms with van der Waals surface area (Å²) < 4.78 is 32.3. The third-order valence-electron chi connectivity index (χ3n) is 4.11. The maximum atomic E-state index is 13.1. The number of piperidine rings is 1. The van der Waals surface area contributed by atoms with Crippen molar-refractivity contribution in [3.63, 3.8) is 0 Å². The minimum atomic E-state index is -3.67. The molecule has 0 bridgehead atoms. The second kappa shape index (κ2) is 9.73. The standard InChI is InChI=1S/C16H23ClN2O4S.ClH/c1-3-10-19(12-6-8-18-9-7-12)24(21,22)13-4-5-14(15(17)11-13)16(20)23-2;/h4-5,11-12,18H,3,6-10H2,1-2H3;1H. The van der Waals surface area contributed by atoms with Gasteiger partial charge in [-0.05, 0) is 50.6 Å². The number of carbonyl (C=O) groups is 1. The van der Waals surface area contributed by atoms with Crippen LogP contribution in [0.4, 0.5) is 0 Å². The van der Waals surface area contributed by atoms with Gasteiger partial charge in [0.15, 0.2) is 0 Å². The highest BCUT2D eigenvalue weighted by atomic mass is 35.5. The third-order valence-corrected chi connectivity index (χ3v) is 6.37. The van der Waals surface area contributed by atoms with Crippen LogP contribution in [0.25, 0.3) is 0 Å². The second-order valence-electron chi connectivity index (χ2n) is 5.73. The summed E-state index contributed by atoms with van der Waals surface area (Å²) >= 11 is 6.08. The van der Waals surface area contributed by atoms with Crippen molar-refractivity contribution in [2.24, 2.45) is 0 Å². The smallest absolute Gasteiger partial charge is 0.339 e. The number of benzene rings is 1. The number of sulfonamides is 1. The first kappa shape index (κ1) is 22.2. The lowest BCUT2D eigenvalue weighted by atomic mass is 10.1. The lowest BCUT2D eigenvalue weighted by Crippen LogP contribution is -2.46. The van der Waals surface area contributed by atoms with Crippen LogP contribution in [0.1, 0.15) is 36.5 Å². The lowest BCUT2D eigenvalue weighted by molar-refractivity contribution is 0.0601. The first-order chi connectivity index (χ1) is 11.4. The van der Waals surface area contributed by atoms with E-state index in [1.165, 1.54) is 25.3 Å². The summed E-state index contributed by atoms with van der Waals surface area (Å²) in [7, 11) is -2.41. The molecule has 9 heteroatoms. The van der Waals surface area contributed by atoms with E-state index in [4.69, 9.17) is 11.6 Å². The molecule has 0 unspecified atom stereocenters. The molecule has 1 heterocycles. The summed E-state index contributed by atoms with van der Waals surface area (Å²) in [6.45, 7) is 4.03. The maximum absolute atomic E-state index is 13.1. The quantitative estimate of drug-likeness (QED) is 0.729. The fourth-order valence-electron chi connectivity index (χ4n) is 2.88. The summed E-state index contributed by atoms with van der Waals surface area (Å²) in [5.74, 6) is -0.590. The van der Waals surface area contributed by atoms with Crippen LogP contribution in [0.3, 0.4) is 0 Å².